The number of aromatic nitrogens is 3. The highest BCUT2D eigenvalue weighted by Gasteiger charge is 2.17. The van der Waals surface area contributed by atoms with Gasteiger partial charge in [0.05, 0.1) is 0 Å². The van der Waals surface area contributed by atoms with Gasteiger partial charge in [-0.05, 0) is 72.2 Å². The fourth-order valence-electron chi connectivity index (χ4n) is 3.66. The minimum Gasteiger partial charge on any atom is -0.492 e. The molecule has 2 aromatic heterocycles. The molecule has 0 amide bonds. The second kappa shape index (κ2) is 9.03. The van der Waals surface area contributed by atoms with E-state index in [-0.39, 0.29) is 0 Å². The molecule has 6 nitrogen and oxygen atoms in total. The van der Waals surface area contributed by atoms with E-state index in [9.17, 15) is 0 Å². The first-order valence-electron chi connectivity index (χ1n) is 9.91. The summed E-state index contributed by atoms with van der Waals surface area (Å²) in [6.45, 7) is 7.29. The predicted molar refractivity (Wildman–Crippen MR) is 116 cm³/mol. The van der Waals surface area contributed by atoms with E-state index in [0.29, 0.717) is 12.6 Å². The predicted octanol–water partition coefficient (Wildman–Crippen LogP) is 3.84. The zero-order chi connectivity index (χ0) is 19.3. The number of nitrogens with zero attached hydrogens (tertiary/aromatic N) is 3. The van der Waals surface area contributed by atoms with E-state index < -0.39 is 0 Å². The normalized spacial score (nSPS) is 17.9. The number of H-pyrrole nitrogens is 1. The standard InChI is InChI=1S/C21H26BrN5O/c1-2-27-10-3-4-17(14-27)23-9-11-28-18-7-5-15(6-8-18)20-25-19-12-16(22)13-24-21(19)26-20/h5-8,12-13,17,23H,2-4,9-11,14H2,1H3,(H,24,25,26). The molecule has 148 valence electrons. The van der Waals surface area contributed by atoms with Crippen molar-refractivity contribution in [3.63, 3.8) is 0 Å². The summed E-state index contributed by atoms with van der Waals surface area (Å²) >= 11 is 3.43. The summed E-state index contributed by atoms with van der Waals surface area (Å²) in [5, 5.41) is 3.62. The number of hydrogen-bond acceptors (Lipinski definition) is 5. The topological polar surface area (TPSA) is 66.1 Å². The molecule has 1 saturated heterocycles. The van der Waals surface area contributed by atoms with Crippen molar-refractivity contribution >= 4 is 27.1 Å². The Hall–Kier alpha value is -1.96. The van der Waals surface area contributed by atoms with E-state index in [1.54, 1.807) is 6.20 Å². The second-order valence-corrected chi connectivity index (χ2v) is 8.08. The molecule has 0 spiro atoms. The number of fused-ring (bicyclic) bond motifs is 1. The summed E-state index contributed by atoms with van der Waals surface area (Å²) in [4.78, 5) is 14.7. The molecule has 1 aliphatic heterocycles. The van der Waals surface area contributed by atoms with Crippen LogP contribution in [0.2, 0.25) is 0 Å². The number of pyridine rings is 1. The van der Waals surface area contributed by atoms with Crippen LogP contribution in [-0.2, 0) is 0 Å². The van der Waals surface area contributed by atoms with Crippen LogP contribution >= 0.6 is 15.9 Å². The van der Waals surface area contributed by atoms with Crippen molar-refractivity contribution in [3.05, 3.63) is 41.0 Å². The molecule has 0 radical (unpaired) electrons. The third-order valence-electron chi connectivity index (χ3n) is 5.19. The van der Waals surface area contributed by atoms with Crippen LogP contribution in [0.25, 0.3) is 22.6 Å². The van der Waals surface area contributed by atoms with Crippen LogP contribution in [0.1, 0.15) is 19.8 Å². The third-order valence-corrected chi connectivity index (χ3v) is 5.62. The van der Waals surface area contributed by atoms with E-state index in [1.807, 2.05) is 30.3 Å². The lowest BCUT2D eigenvalue weighted by atomic mass is 10.1. The smallest absolute Gasteiger partial charge is 0.157 e. The Morgan fingerprint density at radius 3 is 3.00 bits per heavy atom. The molecule has 3 aromatic rings. The number of halogens is 1. The molecule has 2 N–H and O–H groups in total. The number of nitrogens with one attached hydrogen (secondary N) is 2. The lowest BCUT2D eigenvalue weighted by Crippen LogP contribution is -2.46. The quantitative estimate of drug-likeness (QED) is 0.543. The summed E-state index contributed by atoms with van der Waals surface area (Å²) in [6, 6.07) is 10.6. The highest BCUT2D eigenvalue weighted by Crippen LogP contribution is 2.23. The van der Waals surface area contributed by atoms with Crippen molar-refractivity contribution < 1.29 is 4.74 Å². The Morgan fingerprint density at radius 1 is 1.32 bits per heavy atom. The van der Waals surface area contributed by atoms with Crippen LogP contribution in [-0.4, -0.2) is 58.7 Å². The van der Waals surface area contributed by atoms with Crippen LogP contribution in [0.15, 0.2) is 41.0 Å². The van der Waals surface area contributed by atoms with Gasteiger partial charge in [-0.2, -0.15) is 0 Å². The molecule has 1 fully saturated rings. The summed E-state index contributed by atoms with van der Waals surface area (Å²) in [6.07, 6.45) is 4.30. The molecule has 1 atom stereocenters. The van der Waals surface area contributed by atoms with Crippen molar-refractivity contribution in [2.75, 3.05) is 32.8 Å². The monoisotopic (exact) mass is 443 g/mol. The SMILES string of the molecule is CCN1CCCC(NCCOc2ccc(-c3nc4cc(Br)cnc4[nH]3)cc2)C1. The number of likely N-dealkylation sites (tertiary alicyclic amines) is 1. The average Bonchev–Trinajstić information content (AvgIpc) is 3.15. The first-order valence-corrected chi connectivity index (χ1v) is 10.7. The Labute approximate surface area is 173 Å². The highest BCUT2D eigenvalue weighted by atomic mass is 79.9. The number of rotatable bonds is 7. The van der Waals surface area contributed by atoms with Gasteiger partial charge >= 0.3 is 0 Å². The number of imidazole rings is 1. The molecule has 0 saturated carbocycles. The largest absolute Gasteiger partial charge is 0.492 e. The van der Waals surface area contributed by atoms with E-state index in [1.165, 1.54) is 19.4 Å². The summed E-state index contributed by atoms with van der Waals surface area (Å²) in [5.74, 6) is 1.69. The summed E-state index contributed by atoms with van der Waals surface area (Å²) in [5.41, 5.74) is 2.65. The highest BCUT2D eigenvalue weighted by molar-refractivity contribution is 9.10. The Kier molecular flexibility index (Phi) is 6.24. The maximum absolute atomic E-state index is 5.89. The zero-order valence-electron chi connectivity index (χ0n) is 16.1. The van der Waals surface area contributed by atoms with Crippen molar-refractivity contribution in [1.82, 2.24) is 25.2 Å². The molecule has 4 rings (SSSR count). The molecular weight excluding hydrogens is 418 g/mol. The van der Waals surface area contributed by atoms with E-state index >= 15 is 0 Å². The van der Waals surface area contributed by atoms with Crippen molar-refractivity contribution in [2.24, 2.45) is 0 Å². The van der Waals surface area contributed by atoms with Crippen molar-refractivity contribution in [2.45, 2.75) is 25.8 Å². The number of aromatic amines is 1. The minimum atomic E-state index is 0.585. The van der Waals surface area contributed by atoms with Gasteiger partial charge in [0.15, 0.2) is 5.65 Å². The van der Waals surface area contributed by atoms with E-state index in [2.05, 4.69) is 48.0 Å². The van der Waals surface area contributed by atoms with Crippen LogP contribution < -0.4 is 10.1 Å². The summed E-state index contributed by atoms with van der Waals surface area (Å²) < 4.78 is 6.81. The van der Waals surface area contributed by atoms with Gasteiger partial charge in [-0.3, -0.25) is 0 Å². The molecule has 0 bridgehead atoms. The molecule has 1 unspecified atom stereocenters. The Morgan fingerprint density at radius 2 is 2.18 bits per heavy atom. The first-order chi connectivity index (χ1) is 13.7. The fourth-order valence-corrected chi connectivity index (χ4v) is 3.98. The van der Waals surface area contributed by atoms with Gasteiger partial charge in [-0.25, -0.2) is 9.97 Å². The maximum atomic E-state index is 5.89. The lowest BCUT2D eigenvalue weighted by Gasteiger charge is -2.32. The van der Waals surface area contributed by atoms with Gasteiger partial charge in [0.2, 0.25) is 0 Å². The summed E-state index contributed by atoms with van der Waals surface area (Å²) in [7, 11) is 0. The molecular formula is C21H26BrN5O. The Balaban J connectivity index is 1.28. The number of likely N-dealkylation sites (N-methyl/N-ethyl adjacent to an activating group) is 1. The zero-order valence-corrected chi connectivity index (χ0v) is 17.7. The molecule has 1 aromatic carbocycles. The van der Waals surface area contributed by atoms with Gasteiger partial charge in [-0.15, -0.1) is 0 Å². The number of benzene rings is 1. The Bertz CT molecular complexity index is 911. The number of piperidine rings is 1. The maximum Gasteiger partial charge on any atom is 0.157 e. The molecule has 1 aliphatic rings. The van der Waals surface area contributed by atoms with E-state index in [4.69, 9.17) is 4.74 Å². The van der Waals surface area contributed by atoms with Gasteiger partial charge in [0.1, 0.15) is 23.7 Å². The first kappa shape index (κ1) is 19.4. The van der Waals surface area contributed by atoms with Crippen molar-refractivity contribution in [3.8, 4) is 17.1 Å². The molecule has 28 heavy (non-hydrogen) atoms. The van der Waals surface area contributed by atoms with Crippen LogP contribution in [0, 0.1) is 0 Å². The second-order valence-electron chi connectivity index (χ2n) is 7.17. The van der Waals surface area contributed by atoms with Gasteiger partial charge in [0.25, 0.3) is 0 Å². The van der Waals surface area contributed by atoms with Gasteiger partial charge in [0, 0.05) is 35.4 Å². The van der Waals surface area contributed by atoms with Gasteiger partial charge in [-0.1, -0.05) is 6.92 Å². The number of hydrogen-bond donors (Lipinski definition) is 2. The average molecular weight is 444 g/mol. The fraction of sp³-hybridized carbons (Fsp3) is 0.429. The minimum absolute atomic E-state index is 0.585. The molecule has 7 heteroatoms. The molecule has 0 aliphatic carbocycles. The van der Waals surface area contributed by atoms with Crippen LogP contribution in [0.4, 0.5) is 0 Å². The lowest BCUT2D eigenvalue weighted by molar-refractivity contribution is 0.193. The van der Waals surface area contributed by atoms with Gasteiger partial charge < -0.3 is 19.9 Å². The van der Waals surface area contributed by atoms with Crippen LogP contribution in [0.5, 0.6) is 5.75 Å². The van der Waals surface area contributed by atoms with Crippen molar-refractivity contribution in [1.29, 1.82) is 0 Å². The number of ether oxygens (including phenoxy) is 1. The van der Waals surface area contributed by atoms with E-state index in [0.717, 1.165) is 52.4 Å². The molecule has 3 heterocycles. The van der Waals surface area contributed by atoms with Crippen LogP contribution in [0.3, 0.4) is 0 Å². The third kappa shape index (κ3) is 4.71.